The second-order valence-corrected chi connectivity index (χ2v) is 9.49. The quantitative estimate of drug-likeness (QED) is 0.458. The van der Waals surface area contributed by atoms with Gasteiger partial charge in [0, 0.05) is 24.7 Å². The predicted octanol–water partition coefficient (Wildman–Crippen LogP) is 2.26. The van der Waals surface area contributed by atoms with Crippen LogP contribution < -0.4 is 5.56 Å². The minimum Gasteiger partial charge on any atom is -0.364 e. The first-order valence-electron chi connectivity index (χ1n) is 10.3. The number of rotatable bonds is 6. The monoisotopic (exact) mass is 470 g/mol. The minimum atomic E-state index is -3.91. The van der Waals surface area contributed by atoms with Crippen LogP contribution >= 0.6 is 0 Å². The molecule has 3 aromatic heterocycles. The third-order valence-electron chi connectivity index (χ3n) is 5.45. The lowest BCUT2D eigenvalue weighted by Gasteiger charge is -2.14. The normalized spacial score (nSPS) is 14.7. The Morgan fingerprint density at radius 3 is 2.61 bits per heavy atom. The highest BCUT2D eigenvalue weighted by molar-refractivity contribution is 7.89. The molecule has 0 amide bonds. The number of aromatic amines is 1. The van der Waals surface area contributed by atoms with Crippen molar-refractivity contribution < 1.29 is 17.3 Å². The molecule has 10 nitrogen and oxygen atoms in total. The van der Waals surface area contributed by atoms with E-state index >= 15 is 0 Å². The third kappa shape index (κ3) is 3.98. The molecule has 0 bridgehead atoms. The van der Waals surface area contributed by atoms with E-state index in [1.807, 2.05) is 0 Å². The van der Waals surface area contributed by atoms with Gasteiger partial charge >= 0.3 is 0 Å². The highest BCUT2D eigenvalue weighted by atomic mass is 32.2. The Morgan fingerprint density at radius 2 is 1.91 bits per heavy atom. The van der Waals surface area contributed by atoms with Crippen molar-refractivity contribution in [3.8, 4) is 22.9 Å². The van der Waals surface area contributed by atoms with E-state index in [9.17, 15) is 17.6 Å². The zero-order valence-corrected chi connectivity index (χ0v) is 18.1. The lowest BCUT2D eigenvalue weighted by molar-refractivity contribution is 0.421. The number of nitrogens with zero attached hydrogens (tertiary/aromatic N) is 5. The number of hydrogen-bond donors (Lipinski definition) is 1. The summed E-state index contributed by atoms with van der Waals surface area (Å²) in [6.45, 7) is 0.858. The summed E-state index contributed by atoms with van der Waals surface area (Å²) < 4.78 is 47.4. The number of benzene rings is 1. The molecule has 0 aliphatic carbocycles. The van der Waals surface area contributed by atoms with Crippen molar-refractivity contribution in [1.82, 2.24) is 29.2 Å². The average molecular weight is 470 g/mol. The van der Waals surface area contributed by atoms with Gasteiger partial charge < -0.3 is 9.51 Å². The van der Waals surface area contributed by atoms with Gasteiger partial charge in [0.25, 0.3) is 5.56 Å². The van der Waals surface area contributed by atoms with Crippen molar-refractivity contribution in [1.29, 1.82) is 0 Å². The van der Waals surface area contributed by atoms with Gasteiger partial charge in [-0.05, 0) is 25.0 Å². The highest BCUT2D eigenvalue weighted by Crippen LogP contribution is 2.25. The number of nitrogens with one attached hydrogen (secondary N) is 1. The molecule has 5 rings (SSSR count). The molecule has 0 unspecified atom stereocenters. The van der Waals surface area contributed by atoms with Crippen LogP contribution in [0, 0.1) is 5.82 Å². The van der Waals surface area contributed by atoms with Gasteiger partial charge in [-0.3, -0.25) is 9.48 Å². The van der Waals surface area contributed by atoms with Crippen molar-refractivity contribution in [2.75, 3.05) is 13.1 Å². The number of H-pyrrole nitrogens is 1. The van der Waals surface area contributed by atoms with Gasteiger partial charge in [0.1, 0.15) is 23.5 Å². The fourth-order valence-electron chi connectivity index (χ4n) is 3.76. The molecule has 170 valence electrons. The predicted molar refractivity (Wildman–Crippen MR) is 115 cm³/mol. The highest BCUT2D eigenvalue weighted by Gasteiger charge is 2.30. The van der Waals surface area contributed by atoms with Crippen molar-refractivity contribution in [3.05, 3.63) is 70.6 Å². The zero-order valence-electron chi connectivity index (χ0n) is 17.3. The van der Waals surface area contributed by atoms with Crippen LogP contribution in [0.2, 0.25) is 0 Å². The van der Waals surface area contributed by atoms with Crippen LogP contribution in [0.25, 0.3) is 22.9 Å². The molecule has 1 fully saturated rings. The molecule has 0 saturated carbocycles. The minimum absolute atomic E-state index is 0.0809. The maximum atomic E-state index is 14.2. The standard InChI is InChI=1S/C21H19FN6O4S/c22-15-6-2-1-5-14(15)13-28-18(16-7-10-32-26-16)11-17(25-28)20-23-12-19(21(29)24-20)33(30,31)27-8-3-4-9-27/h1-2,5-7,10-12H,3-4,8-9,13H2,(H,23,24,29). The molecule has 1 aliphatic rings. The summed E-state index contributed by atoms with van der Waals surface area (Å²) >= 11 is 0. The van der Waals surface area contributed by atoms with Gasteiger partial charge in [0.2, 0.25) is 10.0 Å². The molecule has 1 saturated heterocycles. The largest absolute Gasteiger partial charge is 0.364 e. The van der Waals surface area contributed by atoms with E-state index in [1.54, 1.807) is 30.3 Å². The number of halogens is 1. The average Bonchev–Trinajstić information content (AvgIpc) is 3.57. The van der Waals surface area contributed by atoms with E-state index in [1.165, 1.54) is 21.3 Å². The zero-order chi connectivity index (χ0) is 23.0. The van der Waals surface area contributed by atoms with E-state index in [2.05, 4.69) is 20.2 Å². The molecule has 1 aliphatic heterocycles. The van der Waals surface area contributed by atoms with Crippen LogP contribution in [0.1, 0.15) is 18.4 Å². The summed E-state index contributed by atoms with van der Waals surface area (Å²) in [5.74, 6) is -0.305. The SMILES string of the molecule is O=c1[nH]c(-c2cc(-c3ccon3)n(Cc3ccccc3F)n2)ncc1S(=O)(=O)N1CCCC1. The van der Waals surface area contributed by atoms with Gasteiger partial charge in [0.05, 0.1) is 18.4 Å². The van der Waals surface area contributed by atoms with Gasteiger partial charge in [-0.1, -0.05) is 23.4 Å². The van der Waals surface area contributed by atoms with Crippen molar-refractivity contribution in [3.63, 3.8) is 0 Å². The Kier molecular flexibility index (Phi) is 5.38. The molecule has 1 N–H and O–H groups in total. The first-order valence-corrected chi connectivity index (χ1v) is 11.7. The summed E-state index contributed by atoms with van der Waals surface area (Å²) in [5, 5.41) is 8.38. The van der Waals surface area contributed by atoms with Crippen molar-refractivity contribution >= 4 is 10.0 Å². The number of sulfonamides is 1. The summed E-state index contributed by atoms with van der Waals surface area (Å²) in [4.78, 5) is 18.9. The van der Waals surface area contributed by atoms with Crippen molar-refractivity contribution in [2.24, 2.45) is 0 Å². The van der Waals surface area contributed by atoms with Gasteiger partial charge in [-0.25, -0.2) is 17.8 Å². The Balaban J connectivity index is 1.54. The Morgan fingerprint density at radius 1 is 1.12 bits per heavy atom. The Bertz CT molecular complexity index is 1460. The molecule has 33 heavy (non-hydrogen) atoms. The lowest BCUT2D eigenvalue weighted by Crippen LogP contribution is -2.32. The van der Waals surface area contributed by atoms with E-state index in [0.29, 0.717) is 30.0 Å². The van der Waals surface area contributed by atoms with Crippen LogP contribution in [-0.4, -0.2) is 50.7 Å². The third-order valence-corrected chi connectivity index (χ3v) is 7.34. The molecule has 0 atom stereocenters. The topological polar surface area (TPSA) is 127 Å². The summed E-state index contributed by atoms with van der Waals surface area (Å²) in [6.07, 6.45) is 3.96. The molecule has 0 radical (unpaired) electrons. The van der Waals surface area contributed by atoms with Crippen LogP contribution in [-0.2, 0) is 16.6 Å². The van der Waals surface area contributed by atoms with E-state index in [4.69, 9.17) is 4.52 Å². The Hall–Kier alpha value is -3.64. The van der Waals surface area contributed by atoms with Gasteiger partial charge in [-0.15, -0.1) is 0 Å². The maximum Gasteiger partial charge on any atom is 0.271 e. The number of hydrogen-bond acceptors (Lipinski definition) is 7. The van der Waals surface area contributed by atoms with Gasteiger partial charge in [-0.2, -0.15) is 9.40 Å². The van der Waals surface area contributed by atoms with Crippen LogP contribution in [0.15, 0.2) is 63.1 Å². The summed E-state index contributed by atoms with van der Waals surface area (Å²) in [6, 6.07) is 9.55. The second-order valence-electron chi connectivity index (χ2n) is 7.58. The fourth-order valence-corrected chi connectivity index (χ4v) is 5.24. The molecular weight excluding hydrogens is 451 g/mol. The summed E-state index contributed by atoms with van der Waals surface area (Å²) in [5.41, 5.74) is 0.870. The maximum absolute atomic E-state index is 14.2. The van der Waals surface area contributed by atoms with Crippen molar-refractivity contribution in [2.45, 2.75) is 24.3 Å². The lowest BCUT2D eigenvalue weighted by atomic mass is 10.2. The van der Waals surface area contributed by atoms with E-state index in [-0.39, 0.29) is 23.9 Å². The molecule has 12 heteroatoms. The van der Waals surface area contributed by atoms with E-state index < -0.39 is 20.5 Å². The molecule has 4 heterocycles. The number of aromatic nitrogens is 5. The van der Waals surface area contributed by atoms with Crippen LogP contribution in [0.4, 0.5) is 4.39 Å². The molecular formula is C21H19FN6O4S. The van der Waals surface area contributed by atoms with Gasteiger partial charge in [0.15, 0.2) is 10.7 Å². The summed E-state index contributed by atoms with van der Waals surface area (Å²) in [7, 11) is -3.91. The molecule has 4 aromatic rings. The van der Waals surface area contributed by atoms with E-state index in [0.717, 1.165) is 19.0 Å². The first kappa shape index (κ1) is 21.2. The smallest absolute Gasteiger partial charge is 0.271 e. The van der Waals surface area contributed by atoms with Crippen LogP contribution in [0.5, 0.6) is 0 Å². The fraction of sp³-hybridized carbons (Fsp3) is 0.238. The molecule has 1 aromatic carbocycles. The first-order chi connectivity index (χ1) is 15.9. The second kappa shape index (κ2) is 8.37. The van der Waals surface area contributed by atoms with Crippen LogP contribution in [0.3, 0.4) is 0 Å². The Labute approximate surface area is 187 Å². The molecule has 0 spiro atoms.